The fraction of sp³-hybridized carbons (Fsp3) is 0.400. The molecule has 2 rings (SSSR count). The topological polar surface area (TPSA) is 76.2 Å². The summed E-state index contributed by atoms with van der Waals surface area (Å²) in [6.07, 6.45) is 3.09. The van der Waals surface area contributed by atoms with Crippen molar-refractivity contribution >= 4 is 17.6 Å². The standard InChI is InChI=1S/C10H11ClN2O2/c11-8-6(2-1-5-13-8)10(3-4-10)7(12)9(14)15/h1-2,5,7H,3-4,12H2,(H,14,15). The van der Waals surface area contributed by atoms with Crippen LogP contribution in [-0.4, -0.2) is 22.1 Å². The number of carbonyl (C=O) groups is 1. The minimum Gasteiger partial charge on any atom is -0.480 e. The average molecular weight is 227 g/mol. The molecule has 1 aromatic heterocycles. The van der Waals surface area contributed by atoms with Gasteiger partial charge < -0.3 is 10.8 Å². The van der Waals surface area contributed by atoms with Gasteiger partial charge in [-0.15, -0.1) is 0 Å². The third-order valence-electron chi connectivity index (χ3n) is 2.95. The van der Waals surface area contributed by atoms with Crippen LogP contribution < -0.4 is 5.73 Å². The van der Waals surface area contributed by atoms with E-state index in [1.165, 1.54) is 0 Å². The molecule has 4 nitrogen and oxygen atoms in total. The van der Waals surface area contributed by atoms with Gasteiger partial charge in [0.25, 0.3) is 0 Å². The number of hydrogen-bond donors (Lipinski definition) is 2. The predicted molar refractivity (Wildman–Crippen MR) is 55.8 cm³/mol. The van der Waals surface area contributed by atoms with Crippen molar-refractivity contribution in [1.29, 1.82) is 0 Å². The van der Waals surface area contributed by atoms with Crippen LogP contribution in [0.15, 0.2) is 18.3 Å². The Morgan fingerprint density at radius 3 is 2.80 bits per heavy atom. The van der Waals surface area contributed by atoms with Gasteiger partial charge in [0.2, 0.25) is 0 Å². The summed E-state index contributed by atoms with van der Waals surface area (Å²) in [5, 5.41) is 9.27. The summed E-state index contributed by atoms with van der Waals surface area (Å²) in [5.74, 6) is -0.993. The average Bonchev–Trinajstić information content (AvgIpc) is 2.98. The largest absolute Gasteiger partial charge is 0.480 e. The number of carboxylic acids is 1. The molecule has 0 radical (unpaired) electrons. The van der Waals surface area contributed by atoms with E-state index in [1.54, 1.807) is 18.3 Å². The molecule has 15 heavy (non-hydrogen) atoms. The second-order valence-electron chi connectivity index (χ2n) is 3.81. The van der Waals surface area contributed by atoms with E-state index in [2.05, 4.69) is 4.98 Å². The van der Waals surface area contributed by atoms with E-state index in [0.717, 1.165) is 18.4 Å². The van der Waals surface area contributed by atoms with E-state index in [4.69, 9.17) is 22.4 Å². The van der Waals surface area contributed by atoms with Gasteiger partial charge in [0.1, 0.15) is 11.2 Å². The molecule has 1 fully saturated rings. The zero-order valence-corrected chi connectivity index (χ0v) is 8.74. The Labute approximate surface area is 92.1 Å². The molecule has 1 heterocycles. The maximum absolute atomic E-state index is 10.9. The van der Waals surface area contributed by atoms with Gasteiger partial charge in [-0.05, 0) is 24.5 Å². The summed E-state index contributed by atoms with van der Waals surface area (Å²) in [6, 6.07) is 2.64. The second kappa shape index (κ2) is 3.47. The first-order valence-corrected chi connectivity index (χ1v) is 5.05. The third kappa shape index (κ3) is 1.60. The van der Waals surface area contributed by atoms with Crippen LogP contribution in [0.1, 0.15) is 18.4 Å². The Balaban J connectivity index is 2.39. The molecule has 1 aromatic rings. The van der Waals surface area contributed by atoms with Crippen molar-refractivity contribution < 1.29 is 9.90 Å². The van der Waals surface area contributed by atoms with Crippen molar-refractivity contribution in [2.45, 2.75) is 24.3 Å². The quantitative estimate of drug-likeness (QED) is 0.759. The van der Waals surface area contributed by atoms with Gasteiger partial charge in [0, 0.05) is 11.6 Å². The van der Waals surface area contributed by atoms with Crippen LogP contribution >= 0.6 is 11.6 Å². The van der Waals surface area contributed by atoms with E-state index in [-0.39, 0.29) is 0 Å². The van der Waals surface area contributed by atoms with Crippen molar-refractivity contribution in [1.82, 2.24) is 4.98 Å². The highest BCUT2D eigenvalue weighted by atomic mass is 35.5. The predicted octanol–water partition coefficient (Wildman–Crippen LogP) is 1.18. The van der Waals surface area contributed by atoms with Gasteiger partial charge in [0.15, 0.2) is 0 Å². The molecule has 1 unspecified atom stereocenters. The van der Waals surface area contributed by atoms with Crippen molar-refractivity contribution in [2.75, 3.05) is 0 Å². The zero-order chi connectivity index (χ0) is 11.1. The molecule has 1 aliphatic carbocycles. The van der Waals surface area contributed by atoms with Crippen LogP contribution in [0.5, 0.6) is 0 Å². The fourth-order valence-corrected chi connectivity index (χ4v) is 2.18. The summed E-state index contributed by atoms with van der Waals surface area (Å²) >= 11 is 5.94. The van der Waals surface area contributed by atoms with Crippen LogP contribution in [0, 0.1) is 0 Å². The number of rotatable bonds is 3. The van der Waals surface area contributed by atoms with Crippen molar-refractivity contribution in [3.8, 4) is 0 Å². The van der Waals surface area contributed by atoms with Crippen molar-refractivity contribution in [3.05, 3.63) is 29.0 Å². The third-order valence-corrected chi connectivity index (χ3v) is 3.25. The molecule has 5 heteroatoms. The van der Waals surface area contributed by atoms with Gasteiger partial charge in [-0.1, -0.05) is 17.7 Å². The van der Waals surface area contributed by atoms with Crippen LogP contribution in [0.2, 0.25) is 5.15 Å². The van der Waals surface area contributed by atoms with E-state index < -0.39 is 17.4 Å². The SMILES string of the molecule is NC(C(=O)O)C1(c2cccnc2Cl)CC1. The summed E-state index contributed by atoms with van der Waals surface area (Å²) in [5.41, 5.74) is 5.92. The van der Waals surface area contributed by atoms with E-state index >= 15 is 0 Å². The summed E-state index contributed by atoms with van der Waals surface area (Å²) in [6.45, 7) is 0. The smallest absolute Gasteiger partial charge is 0.321 e. The van der Waals surface area contributed by atoms with Crippen molar-refractivity contribution in [3.63, 3.8) is 0 Å². The Hall–Kier alpha value is -1.13. The highest BCUT2D eigenvalue weighted by Gasteiger charge is 2.53. The van der Waals surface area contributed by atoms with Crippen LogP contribution in [0.25, 0.3) is 0 Å². The summed E-state index contributed by atoms with van der Waals surface area (Å²) < 4.78 is 0. The van der Waals surface area contributed by atoms with Crippen LogP contribution in [0.4, 0.5) is 0 Å². The minimum absolute atomic E-state index is 0.353. The van der Waals surface area contributed by atoms with Gasteiger partial charge in [-0.3, -0.25) is 4.79 Å². The normalized spacial score (nSPS) is 19.6. The fourth-order valence-electron chi connectivity index (χ4n) is 1.88. The lowest BCUT2D eigenvalue weighted by molar-refractivity contribution is -0.139. The number of halogens is 1. The Kier molecular flexibility index (Phi) is 2.40. The lowest BCUT2D eigenvalue weighted by Gasteiger charge is -2.20. The number of nitrogens with zero attached hydrogens (tertiary/aromatic N) is 1. The molecule has 0 spiro atoms. The first-order valence-electron chi connectivity index (χ1n) is 4.67. The molecule has 1 aliphatic rings. The minimum atomic E-state index is -0.993. The van der Waals surface area contributed by atoms with Crippen LogP contribution in [0.3, 0.4) is 0 Å². The van der Waals surface area contributed by atoms with E-state index in [1.807, 2.05) is 0 Å². The number of aliphatic carboxylic acids is 1. The zero-order valence-electron chi connectivity index (χ0n) is 7.98. The number of pyridine rings is 1. The molecule has 1 saturated carbocycles. The van der Waals surface area contributed by atoms with Gasteiger partial charge >= 0.3 is 5.97 Å². The highest BCUT2D eigenvalue weighted by Crippen LogP contribution is 2.52. The number of carboxylic acid groups (broad SMARTS) is 1. The Bertz CT molecular complexity index is 404. The van der Waals surface area contributed by atoms with Gasteiger partial charge in [-0.2, -0.15) is 0 Å². The maximum Gasteiger partial charge on any atom is 0.321 e. The Morgan fingerprint density at radius 2 is 2.33 bits per heavy atom. The first-order chi connectivity index (χ1) is 7.08. The molecule has 0 bridgehead atoms. The highest BCUT2D eigenvalue weighted by molar-refractivity contribution is 6.30. The molecule has 0 saturated heterocycles. The van der Waals surface area contributed by atoms with Gasteiger partial charge in [0.05, 0.1) is 0 Å². The molecule has 0 aliphatic heterocycles. The molecule has 80 valence electrons. The second-order valence-corrected chi connectivity index (χ2v) is 4.17. The van der Waals surface area contributed by atoms with E-state index in [0.29, 0.717) is 5.15 Å². The first kappa shape index (κ1) is 10.4. The molecule has 3 N–H and O–H groups in total. The number of aromatic nitrogens is 1. The lowest BCUT2D eigenvalue weighted by Crippen LogP contribution is -2.42. The number of nitrogens with two attached hydrogens (primary N) is 1. The molecular weight excluding hydrogens is 216 g/mol. The molecule has 1 atom stereocenters. The maximum atomic E-state index is 10.9. The van der Waals surface area contributed by atoms with Gasteiger partial charge in [-0.25, -0.2) is 4.98 Å². The summed E-state index contributed by atoms with van der Waals surface area (Å²) in [7, 11) is 0. The van der Waals surface area contributed by atoms with Crippen LogP contribution in [-0.2, 0) is 10.2 Å². The molecular formula is C10H11ClN2O2. The monoisotopic (exact) mass is 226 g/mol. The summed E-state index contributed by atoms with van der Waals surface area (Å²) in [4.78, 5) is 14.8. The van der Waals surface area contributed by atoms with Crippen molar-refractivity contribution in [2.24, 2.45) is 5.73 Å². The molecule has 0 amide bonds. The number of hydrogen-bond acceptors (Lipinski definition) is 3. The van der Waals surface area contributed by atoms with E-state index in [9.17, 15) is 4.79 Å². The molecule has 0 aromatic carbocycles. The Morgan fingerprint density at radius 1 is 1.67 bits per heavy atom. The lowest BCUT2D eigenvalue weighted by atomic mass is 9.89.